The zero-order valence-electron chi connectivity index (χ0n) is 17.7. The van der Waals surface area contributed by atoms with Crippen molar-refractivity contribution in [2.75, 3.05) is 18.1 Å². The second-order valence-electron chi connectivity index (χ2n) is 8.48. The van der Waals surface area contributed by atoms with E-state index in [4.69, 9.17) is 4.74 Å². The number of hydrogen-bond acceptors (Lipinski definition) is 7. The molecule has 10 heteroatoms. The van der Waals surface area contributed by atoms with Crippen LogP contribution in [0, 0.1) is 11.8 Å². The summed E-state index contributed by atoms with van der Waals surface area (Å²) < 4.78 is 28.8. The quantitative estimate of drug-likeness (QED) is 0.435. The molecule has 168 valence electrons. The van der Waals surface area contributed by atoms with Crippen LogP contribution in [0.4, 0.5) is 0 Å². The van der Waals surface area contributed by atoms with Gasteiger partial charge in [0.25, 0.3) is 5.91 Å². The van der Waals surface area contributed by atoms with Gasteiger partial charge in [-0.3, -0.25) is 19.3 Å². The highest BCUT2D eigenvalue weighted by Gasteiger charge is 2.51. The summed E-state index contributed by atoms with van der Waals surface area (Å²) in [6, 6.07) is -1.54. The molecule has 0 aromatic carbocycles. The maximum Gasteiger partial charge on any atom is 0.329 e. The van der Waals surface area contributed by atoms with Crippen molar-refractivity contribution in [1.82, 2.24) is 9.80 Å². The summed E-state index contributed by atoms with van der Waals surface area (Å²) in [5.41, 5.74) is 0. The van der Waals surface area contributed by atoms with Crippen molar-refractivity contribution in [1.29, 1.82) is 0 Å². The number of carbonyl (C=O) groups is 4. The lowest BCUT2D eigenvalue weighted by molar-refractivity contribution is -0.167. The van der Waals surface area contributed by atoms with Crippen molar-refractivity contribution in [3.8, 4) is 0 Å². The molecule has 5 atom stereocenters. The molecule has 2 saturated heterocycles. The van der Waals surface area contributed by atoms with Crippen LogP contribution >= 0.6 is 0 Å². The number of hydrogen-bond donors (Lipinski definition) is 0. The van der Waals surface area contributed by atoms with E-state index >= 15 is 0 Å². The maximum atomic E-state index is 12.8. The summed E-state index contributed by atoms with van der Waals surface area (Å²) in [5, 5.41) is 0. The standard InChI is InChI=1S/C20H30N2O7S/c1-4-21(14-9-10-30(27,28)11-14)17(23)13(3)29-20(26)12(2)22-18(24)15-7-5-6-8-16(15)19(22)25/h12-16H,4-11H2,1-3H3/t12-,13?,14?,15?,16?/m0/s1. The predicted octanol–water partition coefficient (Wildman–Crippen LogP) is 0.517. The van der Waals surface area contributed by atoms with E-state index in [2.05, 4.69) is 0 Å². The Bertz CT molecular complexity index is 816. The fourth-order valence-corrected chi connectivity index (χ4v) is 6.58. The fourth-order valence-electron chi connectivity index (χ4n) is 4.85. The van der Waals surface area contributed by atoms with E-state index in [1.54, 1.807) is 6.92 Å². The number of likely N-dealkylation sites (tertiary alicyclic amines) is 1. The first-order valence-electron chi connectivity index (χ1n) is 10.7. The Morgan fingerprint density at radius 3 is 2.13 bits per heavy atom. The number of carbonyl (C=O) groups excluding carboxylic acids is 4. The second kappa shape index (κ2) is 8.64. The van der Waals surface area contributed by atoms with Gasteiger partial charge in [0, 0.05) is 12.6 Å². The average Bonchev–Trinajstić information content (AvgIpc) is 3.18. The molecule has 0 N–H and O–H groups in total. The van der Waals surface area contributed by atoms with Gasteiger partial charge in [-0.2, -0.15) is 0 Å². The highest BCUT2D eigenvalue weighted by atomic mass is 32.2. The van der Waals surface area contributed by atoms with Gasteiger partial charge in [-0.1, -0.05) is 12.8 Å². The number of likely N-dealkylation sites (N-methyl/N-ethyl adjacent to an activating group) is 1. The molecule has 3 aliphatic rings. The van der Waals surface area contributed by atoms with Crippen LogP contribution < -0.4 is 0 Å². The van der Waals surface area contributed by atoms with Crippen molar-refractivity contribution in [3.05, 3.63) is 0 Å². The predicted molar refractivity (Wildman–Crippen MR) is 107 cm³/mol. The molecule has 0 radical (unpaired) electrons. The first kappa shape index (κ1) is 22.7. The van der Waals surface area contributed by atoms with Gasteiger partial charge in [-0.25, -0.2) is 13.2 Å². The molecule has 3 fully saturated rings. The Morgan fingerprint density at radius 1 is 1.10 bits per heavy atom. The van der Waals surface area contributed by atoms with Crippen molar-refractivity contribution in [2.45, 2.75) is 71.1 Å². The summed E-state index contributed by atoms with van der Waals surface area (Å²) in [5.74, 6) is -2.74. The van der Waals surface area contributed by atoms with E-state index in [9.17, 15) is 27.6 Å². The van der Waals surface area contributed by atoms with Gasteiger partial charge in [-0.05, 0) is 40.0 Å². The van der Waals surface area contributed by atoms with Crippen molar-refractivity contribution in [3.63, 3.8) is 0 Å². The van der Waals surface area contributed by atoms with Gasteiger partial charge < -0.3 is 9.64 Å². The minimum atomic E-state index is -3.16. The first-order valence-corrected chi connectivity index (χ1v) is 12.5. The lowest BCUT2D eigenvalue weighted by atomic mass is 9.81. The van der Waals surface area contributed by atoms with Crippen molar-refractivity contribution in [2.24, 2.45) is 11.8 Å². The third-order valence-electron chi connectivity index (χ3n) is 6.52. The number of ether oxygens (including phenoxy) is 1. The van der Waals surface area contributed by atoms with Crippen LogP contribution in [0.2, 0.25) is 0 Å². The molecular formula is C20H30N2O7S. The number of nitrogens with zero attached hydrogens (tertiary/aromatic N) is 2. The molecule has 0 aromatic rings. The molecule has 1 saturated carbocycles. The van der Waals surface area contributed by atoms with E-state index in [1.807, 2.05) is 0 Å². The summed E-state index contributed by atoms with van der Waals surface area (Å²) in [7, 11) is -3.16. The van der Waals surface area contributed by atoms with E-state index in [-0.39, 0.29) is 35.2 Å². The minimum absolute atomic E-state index is 0.0359. The van der Waals surface area contributed by atoms with Gasteiger partial charge in [-0.15, -0.1) is 0 Å². The molecular weight excluding hydrogens is 412 g/mol. The topological polar surface area (TPSA) is 118 Å². The highest BCUT2D eigenvalue weighted by Crippen LogP contribution is 2.39. The van der Waals surface area contributed by atoms with Crippen LogP contribution in [0.15, 0.2) is 0 Å². The van der Waals surface area contributed by atoms with Gasteiger partial charge in [0.2, 0.25) is 11.8 Å². The molecule has 1 aliphatic carbocycles. The summed E-state index contributed by atoms with van der Waals surface area (Å²) >= 11 is 0. The first-order chi connectivity index (χ1) is 14.1. The minimum Gasteiger partial charge on any atom is -0.451 e. The van der Waals surface area contributed by atoms with Crippen LogP contribution in [-0.2, 0) is 33.8 Å². The number of amides is 3. The Balaban J connectivity index is 1.63. The zero-order valence-corrected chi connectivity index (χ0v) is 18.5. The van der Waals surface area contributed by atoms with Crippen LogP contribution in [0.1, 0.15) is 52.9 Å². The molecule has 3 amide bonds. The molecule has 0 bridgehead atoms. The third kappa shape index (κ3) is 4.24. The summed E-state index contributed by atoms with van der Waals surface area (Å²) in [6.45, 7) is 4.90. The number of esters is 1. The third-order valence-corrected chi connectivity index (χ3v) is 8.27. The molecule has 0 spiro atoms. The smallest absolute Gasteiger partial charge is 0.329 e. The largest absolute Gasteiger partial charge is 0.451 e. The van der Waals surface area contributed by atoms with Gasteiger partial charge in [0.05, 0.1) is 23.3 Å². The molecule has 3 rings (SSSR count). The monoisotopic (exact) mass is 442 g/mol. The fraction of sp³-hybridized carbons (Fsp3) is 0.800. The Morgan fingerprint density at radius 2 is 1.67 bits per heavy atom. The number of sulfone groups is 1. The van der Waals surface area contributed by atoms with Crippen LogP contribution in [-0.4, -0.2) is 78.1 Å². The highest BCUT2D eigenvalue weighted by molar-refractivity contribution is 7.91. The Kier molecular flexibility index (Phi) is 6.54. The summed E-state index contributed by atoms with van der Waals surface area (Å²) in [4.78, 5) is 53.2. The van der Waals surface area contributed by atoms with Gasteiger partial charge in [0.1, 0.15) is 6.04 Å². The van der Waals surface area contributed by atoms with Crippen molar-refractivity contribution < 1.29 is 32.3 Å². The van der Waals surface area contributed by atoms with Gasteiger partial charge >= 0.3 is 5.97 Å². The van der Waals surface area contributed by atoms with E-state index in [0.717, 1.165) is 17.7 Å². The summed E-state index contributed by atoms with van der Waals surface area (Å²) in [6.07, 6.45) is 2.30. The zero-order chi connectivity index (χ0) is 22.2. The Hall–Kier alpha value is -1.97. The number of rotatable bonds is 6. The maximum absolute atomic E-state index is 12.8. The van der Waals surface area contributed by atoms with Crippen LogP contribution in [0.25, 0.3) is 0 Å². The van der Waals surface area contributed by atoms with Gasteiger partial charge in [0.15, 0.2) is 15.9 Å². The number of imide groups is 1. The average molecular weight is 443 g/mol. The molecule has 9 nitrogen and oxygen atoms in total. The van der Waals surface area contributed by atoms with Crippen LogP contribution in [0.5, 0.6) is 0 Å². The number of fused-ring (bicyclic) bond motifs is 1. The normalized spacial score (nSPS) is 30.0. The second-order valence-corrected chi connectivity index (χ2v) is 10.7. The van der Waals surface area contributed by atoms with Crippen LogP contribution in [0.3, 0.4) is 0 Å². The molecule has 2 heterocycles. The van der Waals surface area contributed by atoms with E-state index in [1.165, 1.54) is 18.7 Å². The SMILES string of the molecule is CCN(C(=O)C(C)OC(=O)[C@H](C)N1C(=O)C2CCCCC2C1=O)C1CCS(=O)(=O)C1. The van der Waals surface area contributed by atoms with Crippen molar-refractivity contribution >= 4 is 33.5 Å². The lowest BCUT2D eigenvalue weighted by Crippen LogP contribution is -2.49. The Labute approximate surface area is 177 Å². The molecule has 2 aliphatic heterocycles. The molecule has 4 unspecified atom stereocenters. The molecule has 30 heavy (non-hydrogen) atoms. The lowest BCUT2D eigenvalue weighted by Gasteiger charge is -2.30. The molecule has 0 aromatic heterocycles. The van der Waals surface area contributed by atoms with E-state index < -0.39 is 39.9 Å². The van der Waals surface area contributed by atoms with E-state index in [0.29, 0.717) is 25.8 Å².